The van der Waals surface area contributed by atoms with Gasteiger partial charge in [0.25, 0.3) is 0 Å². The van der Waals surface area contributed by atoms with E-state index in [-0.39, 0.29) is 17.2 Å². The standard InChI is InChI=1S/C12H23N3O2/c1-12(2,3)10(13)11(17)14-7-6-9(16)15-8-4-5-8/h8,10H,4-7,13H2,1-3H3,(H,14,17)(H,15,16). The van der Waals surface area contributed by atoms with Crippen molar-refractivity contribution in [1.82, 2.24) is 10.6 Å². The molecule has 0 spiro atoms. The first kappa shape index (κ1) is 14.0. The predicted molar refractivity (Wildman–Crippen MR) is 66.2 cm³/mol. The van der Waals surface area contributed by atoms with Crippen LogP contribution in [0.5, 0.6) is 0 Å². The Morgan fingerprint density at radius 1 is 1.35 bits per heavy atom. The number of carbonyl (C=O) groups is 2. The fraction of sp³-hybridized carbons (Fsp3) is 0.833. The molecule has 2 amide bonds. The summed E-state index contributed by atoms with van der Waals surface area (Å²) in [5, 5.41) is 5.55. The van der Waals surface area contributed by atoms with E-state index in [1.165, 1.54) is 0 Å². The smallest absolute Gasteiger partial charge is 0.237 e. The molecule has 1 aliphatic rings. The van der Waals surface area contributed by atoms with Crippen molar-refractivity contribution >= 4 is 11.8 Å². The SMILES string of the molecule is CC(C)(C)C(N)C(=O)NCCC(=O)NC1CC1. The maximum Gasteiger partial charge on any atom is 0.237 e. The number of hydrogen-bond acceptors (Lipinski definition) is 3. The normalized spacial score (nSPS) is 17.4. The van der Waals surface area contributed by atoms with Crippen LogP contribution in [0.15, 0.2) is 0 Å². The van der Waals surface area contributed by atoms with Crippen molar-refractivity contribution in [2.75, 3.05) is 6.54 Å². The summed E-state index contributed by atoms with van der Waals surface area (Å²) >= 11 is 0. The zero-order valence-electron chi connectivity index (χ0n) is 10.9. The van der Waals surface area contributed by atoms with Crippen molar-refractivity contribution in [1.29, 1.82) is 0 Å². The molecule has 1 unspecified atom stereocenters. The lowest BCUT2D eigenvalue weighted by Crippen LogP contribution is -2.49. The maximum absolute atomic E-state index is 11.6. The van der Waals surface area contributed by atoms with Crippen LogP contribution >= 0.6 is 0 Å². The van der Waals surface area contributed by atoms with E-state index in [0.29, 0.717) is 19.0 Å². The molecule has 1 fully saturated rings. The molecule has 0 aromatic carbocycles. The van der Waals surface area contributed by atoms with Gasteiger partial charge in [-0.3, -0.25) is 9.59 Å². The minimum Gasteiger partial charge on any atom is -0.354 e. The summed E-state index contributed by atoms with van der Waals surface area (Å²) < 4.78 is 0. The number of hydrogen-bond donors (Lipinski definition) is 3. The second-order valence-corrected chi connectivity index (χ2v) is 5.73. The highest BCUT2D eigenvalue weighted by molar-refractivity contribution is 5.83. The van der Waals surface area contributed by atoms with E-state index in [1.807, 2.05) is 20.8 Å². The van der Waals surface area contributed by atoms with Crippen LogP contribution in [0, 0.1) is 5.41 Å². The van der Waals surface area contributed by atoms with Gasteiger partial charge in [0.1, 0.15) is 0 Å². The second kappa shape index (κ2) is 5.49. The monoisotopic (exact) mass is 241 g/mol. The van der Waals surface area contributed by atoms with Gasteiger partial charge in [-0.05, 0) is 18.3 Å². The summed E-state index contributed by atoms with van der Waals surface area (Å²) in [4.78, 5) is 23.0. The van der Waals surface area contributed by atoms with Crippen LogP contribution in [0.25, 0.3) is 0 Å². The fourth-order valence-electron chi connectivity index (χ4n) is 1.33. The van der Waals surface area contributed by atoms with Crippen LogP contribution in [-0.2, 0) is 9.59 Å². The Morgan fingerprint density at radius 3 is 2.41 bits per heavy atom. The van der Waals surface area contributed by atoms with Crippen molar-refractivity contribution in [3.05, 3.63) is 0 Å². The summed E-state index contributed by atoms with van der Waals surface area (Å²) in [7, 11) is 0. The molecule has 0 radical (unpaired) electrons. The molecule has 0 saturated heterocycles. The Bertz CT molecular complexity index is 293. The highest BCUT2D eigenvalue weighted by Gasteiger charge is 2.27. The third-order valence-electron chi connectivity index (χ3n) is 2.81. The van der Waals surface area contributed by atoms with Gasteiger partial charge >= 0.3 is 0 Å². The van der Waals surface area contributed by atoms with E-state index in [0.717, 1.165) is 12.8 Å². The zero-order chi connectivity index (χ0) is 13.1. The van der Waals surface area contributed by atoms with E-state index >= 15 is 0 Å². The van der Waals surface area contributed by atoms with Crippen LogP contribution in [0.4, 0.5) is 0 Å². The van der Waals surface area contributed by atoms with Gasteiger partial charge in [0.2, 0.25) is 11.8 Å². The van der Waals surface area contributed by atoms with E-state index in [9.17, 15) is 9.59 Å². The molecule has 0 heterocycles. The van der Waals surface area contributed by atoms with Crippen molar-refractivity contribution in [2.24, 2.45) is 11.1 Å². The van der Waals surface area contributed by atoms with Crippen LogP contribution in [0.1, 0.15) is 40.0 Å². The molecule has 0 aromatic heterocycles. The van der Waals surface area contributed by atoms with E-state index in [4.69, 9.17) is 5.73 Å². The van der Waals surface area contributed by atoms with Crippen molar-refractivity contribution in [3.8, 4) is 0 Å². The second-order valence-electron chi connectivity index (χ2n) is 5.73. The van der Waals surface area contributed by atoms with Crippen LogP contribution in [0.2, 0.25) is 0 Å². The Morgan fingerprint density at radius 2 is 1.94 bits per heavy atom. The Labute approximate surface area is 103 Å². The first-order valence-electron chi connectivity index (χ1n) is 6.13. The topological polar surface area (TPSA) is 84.2 Å². The molecule has 0 aromatic rings. The maximum atomic E-state index is 11.6. The van der Waals surface area contributed by atoms with Crippen LogP contribution in [0.3, 0.4) is 0 Å². The van der Waals surface area contributed by atoms with E-state index < -0.39 is 6.04 Å². The molecule has 98 valence electrons. The molecule has 17 heavy (non-hydrogen) atoms. The predicted octanol–water partition coefficient (Wildman–Crippen LogP) is 0.145. The molecule has 4 N–H and O–H groups in total. The van der Waals surface area contributed by atoms with Gasteiger partial charge in [-0.2, -0.15) is 0 Å². The summed E-state index contributed by atoms with van der Waals surface area (Å²) in [6, 6.07) is -0.177. The highest BCUT2D eigenvalue weighted by atomic mass is 16.2. The van der Waals surface area contributed by atoms with Crippen molar-refractivity contribution in [3.63, 3.8) is 0 Å². The number of nitrogens with one attached hydrogen (secondary N) is 2. The van der Waals surface area contributed by atoms with Gasteiger partial charge < -0.3 is 16.4 Å². The quantitative estimate of drug-likeness (QED) is 0.640. The molecule has 1 atom stereocenters. The zero-order valence-corrected chi connectivity index (χ0v) is 10.9. The molecular weight excluding hydrogens is 218 g/mol. The fourth-order valence-corrected chi connectivity index (χ4v) is 1.33. The average Bonchev–Trinajstić information content (AvgIpc) is 2.98. The van der Waals surface area contributed by atoms with Gasteiger partial charge in [-0.15, -0.1) is 0 Å². The summed E-state index contributed by atoms with van der Waals surface area (Å²) in [5.74, 6) is -0.200. The largest absolute Gasteiger partial charge is 0.354 e. The third-order valence-corrected chi connectivity index (χ3v) is 2.81. The summed E-state index contributed by atoms with van der Waals surface area (Å²) in [5.41, 5.74) is 5.53. The highest BCUT2D eigenvalue weighted by Crippen LogP contribution is 2.18. The van der Waals surface area contributed by atoms with Crippen LogP contribution in [-0.4, -0.2) is 30.4 Å². The molecule has 5 nitrogen and oxygen atoms in total. The Hall–Kier alpha value is -1.10. The van der Waals surface area contributed by atoms with Gasteiger partial charge in [0.05, 0.1) is 6.04 Å². The van der Waals surface area contributed by atoms with Crippen molar-refractivity contribution < 1.29 is 9.59 Å². The lowest BCUT2D eigenvalue weighted by atomic mass is 9.87. The number of carbonyl (C=O) groups excluding carboxylic acids is 2. The Balaban J connectivity index is 2.16. The Kier molecular flexibility index (Phi) is 4.51. The van der Waals surface area contributed by atoms with Crippen LogP contribution < -0.4 is 16.4 Å². The first-order valence-corrected chi connectivity index (χ1v) is 6.13. The number of amides is 2. The molecule has 5 heteroatoms. The van der Waals surface area contributed by atoms with Crippen molar-refractivity contribution in [2.45, 2.75) is 52.1 Å². The molecule has 0 bridgehead atoms. The molecule has 1 rings (SSSR count). The molecule has 1 aliphatic carbocycles. The minimum absolute atomic E-state index is 0.00266. The van der Waals surface area contributed by atoms with E-state index in [1.54, 1.807) is 0 Å². The number of rotatable bonds is 5. The lowest BCUT2D eigenvalue weighted by molar-refractivity contribution is -0.124. The minimum atomic E-state index is -0.547. The van der Waals surface area contributed by atoms with Gasteiger partial charge in [-0.25, -0.2) is 0 Å². The summed E-state index contributed by atoms with van der Waals surface area (Å²) in [6.07, 6.45) is 2.47. The molecule has 0 aliphatic heterocycles. The molecular formula is C12H23N3O2. The first-order chi connectivity index (χ1) is 7.80. The van der Waals surface area contributed by atoms with Gasteiger partial charge in [0, 0.05) is 19.0 Å². The third kappa shape index (κ3) is 5.17. The lowest BCUT2D eigenvalue weighted by Gasteiger charge is -2.25. The van der Waals surface area contributed by atoms with Gasteiger partial charge in [-0.1, -0.05) is 20.8 Å². The van der Waals surface area contributed by atoms with E-state index in [2.05, 4.69) is 10.6 Å². The van der Waals surface area contributed by atoms with Gasteiger partial charge in [0.15, 0.2) is 0 Å². The summed E-state index contributed by atoms with van der Waals surface area (Å²) in [6.45, 7) is 6.09. The number of nitrogens with two attached hydrogens (primary N) is 1. The average molecular weight is 241 g/mol. The molecule has 1 saturated carbocycles.